The van der Waals surface area contributed by atoms with E-state index in [-0.39, 0.29) is 11.8 Å². The van der Waals surface area contributed by atoms with Gasteiger partial charge in [-0.15, -0.1) is 0 Å². The molecule has 3 heterocycles. The summed E-state index contributed by atoms with van der Waals surface area (Å²) >= 11 is 0. The largest absolute Gasteiger partial charge is 0.494 e. The number of rotatable bonds is 5. The van der Waals surface area contributed by atoms with Gasteiger partial charge < -0.3 is 19.8 Å². The van der Waals surface area contributed by atoms with Crippen molar-refractivity contribution in [2.75, 3.05) is 24.8 Å². The number of anilines is 2. The van der Waals surface area contributed by atoms with Gasteiger partial charge in [0, 0.05) is 36.1 Å². The maximum absolute atomic E-state index is 12.2. The first-order valence-electron chi connectivity index (χ1n) is 9.39. The highest BCUT2D eigenvalue weighted by Gasteiger charge is 2.30. The van der Waals surface area contributed by atoms with Crippen molar-refractivity contribution < 1.29 is 13.9 Å². The molecule has 0 bridgehead atoms. The van der Waals surface area contributed by atoms with Crippen LogP contribution in [0.2, 0.25) is 0 Å². The molecule has 146 valence electrons. The number of methoxy groups -OCH3 is 1. The van der Waals surface area contributed by atoms with Crippen LogP contribution in [0.1, 0.15) is 12.8 Å². The lowest BCUT2D eigenvalue weighted by molar-refractivity contribution is -0.117. The molecule has 1 aliphatic rings. The maximum Gasteiger partial charge on any atom is 0.229 e. The Morgan fingerprint density at radius 1 is 1.21 bits per heavy atom. The molecule has 0 saturated heterocycles. The highest BCUT2D eigenvalue weighted by molar-refractivity contribution is 6.03. The average molecular weight is 389 g/mol. The van der Waals surface area contributed by atoms with Crippen molar-refractivity contribution in [3.63, 3.8) is 0 Å². The lowest BCUT2D eigenvalue weighted by atomic mass is 10.1. The van der Waals surface area contributed by atoms with Gasteiger partial charge in [0.2, 0.25) is 11.8 Å². The maximum atomic E-state index is 12.2. The summed E-state index contributed by atoms with van der Waals surface area (Å²) in [6.45, 7) is 0. The predicted molar refractivity (Wildman–Crippen MR) is 110 cm³/mol. The molecule has 29 heavy (non-hydrogen) atoms. The lowest BCUT2D eigenvalue weighted by Crippen LogP contribution is -2.14. The zero-order valence-electron chi connectivity index (χ0n) is 16.0. The zero-order chi connectivity index (χ0) is 20.0. The molecule has 0 aliphatic heterocycles. The van der Waals surface area contributed by atoms with Crippen LogP contribution in [0.15, 0.2) is 41.1 Å². The zero-order valence-corrected chi connectivity index (χ0v) is 16.0. The molecule has 2 N–H and O–H groups in total. The molecule has 1 amide bonds. The SMILES string of the molecule is CNc1ncc(-c2nc3c(OC)cccc3o2)c2cc(NC(=O)C3CC3)ncc12. The van der Waals surface area contributed by atoms with E-state index >= 15 is 0 Å². The highest BCUT2D eigenvalue weighted by Crippen LogP contribution is 2.36. The summed E-state index contributed by atoms with van der Waals surface area (Å²) in [5.41, 5.74) is 1.98. The molecule has 0 unspecified atom stereocenters. The van der Waals surface area contributed by atoms with Gasteiger partial charge in [-0.05, 0) is 31.0 Å². The van der Waals surface area contributed by atoms with Gasteiger partial charge in [0.15, 0.2) is 11.1 Å². The van der Waals surface area contributed by atoms with Crippen molar-refractivity contribution in [2.45, 2.75) is 12.8 Å². The minimum atomic E-state index is 0.00731. The van der Waals surface area contributed by atoms with Crippen LogP contribution in [-0.4, -0.2) is 35.0 Å². The van der Waals surface area contributed by atoms with Crippen molar-refractivity contribution in [1.29, 1.82) is 0 Å². The Labute approximate surface area is 166 Å². The second kappa shape index (κ2) is 6.73. The second-order valence-corrected chi connectivity index (χ2v) is 6.98. The molecule has 8 heteroatoms. The highest BCUT2D eigenvalue weighted by atomic mass is 16.5. The molecule has 1 aliphatic carbocycles. The number of nitrogens with one attached hydrogen (secondary N) is 2. The third-order valence-corrected chi connectivity index (χ3v) is 5.04. The Bertz CT molecular complexity index is 1250. The minimum absolute atomic E-state index is 0.00731. The first kappa shape index (κ1) is 17.4. The van der Waals surface area contributed by atoms with Gasteiger partial charge in [-0.25, -0.2) is 15.0 Å². The molecule has 5 rings (SSSR count). The third kappa shape index (κ3) is 3.02. The van der Waals surface area contributed by atoms with Crippen LogP contribution in [0, 0.1) is 5.92 Å². The first-order valence-corrected chi connectivity index (χ1v) is 9.39. The number of hydrogen-bond acceptors (Lipinski definition) is 7. The van der Waals surface area contributed by atoms with E-state index in [0.717, 1.165) is 23.6 Å². The molecule has 1 aromatic carbocycles. The molecule has 0 atom stereocenters. The topological polar surface area (TPSA) is 102 Å². The summed E-state index contributed by atoms with van der Waals surface area (Å²) in [5, 5.41) is 7.61. The van der Waals surface area contributed by atoms with Crippen molar-refractivity contribution in [3.05, 3.63) is 36.7 Å². The van der Waals surface area contributed by atoms with Crippen LogP contribution >= 0.6 is 0 Å². The molecule has 4 aromatic rings. The molecular formula is C21H19N5O3. The average Bonchev–Trinajstić information content (AvgIpc) is 3.51. The van der Waals surface area contributed by atoms with Gasteiger partial charge >= 0.3 is 0 Å². The lowest BCUT2D eigenvalue weighted by Gasteiger charge is -2.10. The van der Waals surface area contributed by atoms with Gasteiger partial charge in [-0.2, -0.15) is 0 Å². The molecule has 8 nitrogen and oxygen atoms in total. The van der Waals surface area contributed by atoms with E-state index in [1.54, 1.807) is 26.6 Å². The van der Waals surface area contributed by atoms with E-state index in [2.05, 4.69) is 25.6 Å². The fourth-order valence-corrected chi connectivity index (χ4v) is 3.35. The number of ether oxygens (including phenoxy) is 1. The number of aromatic nitrogens is 3. The molecule has 1 fully saturated rings. The first-order chi connectivity index (χ1) is 14.2. The van der Waals surface area contributed by atoms with Crippen LogP contribution < -0.4 is 15.4 Å². The number of para-hydroxylation sites is 1. The van der Waals surface area contributed by atoms with E-state index < -0.39 is 0 Å². The van der Waals surface area contributed by atoms with Crippen LogP contribution in [-0.2, 0) is 4.79 Å². The minimum Gasteiger partial charge on any atom is -0.494 e. The smallest absolute Gasteiger partial charge is 0.229 e. The molecule has 3 aromatic heterocycles. The van der Waals surface area contributed by atoms with Crippen molar-refractivity contribution in [1.82, 2.24) is 15.0 Å². The summed E-state index contributed by atoms with van der Waals surface area (Å²) < 4.78 is 11.4. The summed E-state index contributed by atoms with van der Waals surface area (Å²) in [5.74, 6) is 2.35. The molecule has 1 saturated carbocycles. The third-order valence-electron chi connectivity index (χ3n) is 5.04. The summed E-state index contributed by atoms with van der Waals surface area (Å²) in [6.07, 6.45) is 5.27. The number of oxazole rings is 1. The molecule has 0 radical (unpaired) electrons. The number of carbonyl (C=O) groups excluding carboxylic acids is 1. The van der Waals surface area contributed by atoms with Crippen LogP contribution in [0.3, 0.4) is 0 Å². The van der Waals surface area contributed by atoms with Crippen LogP contribution in [0.5, 0.6) is 5.75 Å². The normalized spacial score (nSPS) is 13.6. The van der Waals surface area contributed by atoms with Crippen LogP contribution in [0.4, 0.5) is 11.6 Å². The fourth-order valence-electron chi connectivity index (χ4n) is 3.35. The van der Waals surface area contributed by atoms with Gasteiger partial charge in [0.1, 0.15) is 17.4 Å². The number of carbonyl (C=O) groups is 1. The summed E-state index contributed by atoms with van der Waals surface area (Å²) in [4.78, 5) is 25.6. The number of nitrogens with zero attached hydrogens (tertiary/aromatic N) is 3. The number of pyridine rings is 2. The Morgan fingerprint density at radius 3 is 2.83 bits per heavy atom. The Balaban J connectivity index is 1.67. The van der Waals surface area contributed by atoms with Gasteiger partial charge in [-0.3, -0.25) is 4.79 Å². The number of amides is 1. The Kier molecular flexibility index (Phi) is 4.04. The Morgan fingerprint density at radius 2 is 2.07 bits per heavy atom. The van der Waals surface area contributed by atoms with Crippen molar-refractivity contribution in [2.24, 2.45) is 5.92 Å². The van der Waals surface area contributed by atoms with Crippen molar-refractivity contribution >= 4 is 39.4 Å². The summed E-state index contributed by atoms with van der Waals surface area (Å²) in [6, 6.07) is 7.37. The quantitative estimate of drug-likeness (QED) is 0.535. The number of hydrogen-bond donors (Lipinski definition) is 2. The van der Waals surface area contributed by atoms with Gasteiger partial charge in [0.25, 0.3) is 0 Å². The Hall–Kier alpha value is -3.68. The van der Waals surface area contributed by atoms with E-state index in [0.29, 0.717) is 39.9 Å². The van der Waals surface area contributed by atoms with Gasteiger partial charge in [0.05, 0.1) is 12.7 Å². The van der Waals surface area contributed by atoms with E-state index in [1.807, 2.05) is 24.3 Å². The van der Waals surface area contributed by atoms with E-state index in [4.69, 9.17) is 9.15 Å². The second-order valence-electron chi connectivity index (χ2n) is 6.98. The van der Waals surface area contributed by atoms with Crippen LogP contribution in [0.25, 0.3) is 33.3 Å². The molecule has 0 spiro atoms. The number of benzene rings is 1. The fraction of sp³-hybridized carbons (Fsp3) is 0.238. The monoisotopic (exact) mass is 389 g/mol. The van der Waals surface area contributed by atoms with E-state index in [1.165, 1.54) is 0 Å². The van der Waals surface area contributed by atoms with Crippen molar-refractivity contribution in [3.8, 4) is 17.2 Å². The standard InChI is InChI=1S/C21H19N5O3/c1-22-19-13-9-23-17(25-20(27)11-6-7-11)8-12(13)14(10-24-19)21-26-18-15(28-2)4-3-5-16(18)29-21/h3-5,8-11H,6-7H2,1-2H3,(H,22,24)(H,23,25,27). The molecular weight excluding hydrogens is 370 g/mol. The van der Waals surface area contributed by atoms with Gasteiger partial charge in [-0.1, -0.05) is 6.07 Å². The van der Waals surface area contributed by atoms with E-state index in [9.17, 15) is 4.79 Å². The summed E-state index contributed by atoms with van der Waals surface area (Å²) in [7, 11) is 3.40. The predicted octanol–water partition coefficient (Wildman–Crippen LogP) is 3.84. The number of fused-ring (bicyclic) bond motifs is 2.